The molecule has 1 aliphatic carbocycles. The molecule has 0 atom stereocenters. The highest BCUT2D eigenvalue weighted by Gasteiger charge is 2.21. The van der Waals surface area contributed by atoms with Crippen molar-refractivity contribution >= 4 is 5.91 Å². The summed E-state index contributed by atoms with van der Waals surface area (Å²) in [5.74, 6) is 0.0565. The molecule has 1 saturated carbocycles. The number of carbonyl (C=O) groups excluding carboxylic acids is 1. The van der Waals surface area contributed by atoms with Gasteiger partial charge in [0.1, 0.15) is 0 Å². The molecule has 0 bridgehead atoms. The first-order chi connectivity index (χ1) is 8.99. The summed E-state index contributed by atoms with van der Waals surface area (Å²) in [4.78, 5) is 12.3. The van der Waals surface area contributed by atoms with Crippen LogP contribution < -0.4 is 11.1 Å². The van der Waals surface area contributed by atoms with E-state index in [9.17, 15) is 4.79 Å². The van der Waals surface area contributed by atoms with Crippen LogP contribution >= 0.6 is 0 Å². The van der Waals surface area contributed by atoms with Crippen molar-refractivity contribution in [1.82, 2.24) is 5.32 Å². The number of rotatable bonds is 2. The van der Waals surface area contributed by atoms with E-state index in [-0.39, 0.29) is 11.9 Å². The van der Waals surface area contributed by atoms with Gasteiger partial charge in [-0.1, -0.05) is 6.07 Å². The zero-order valence-electron chi connectivity index (χ0n) is 12.1. The second kappa shape index (κ2) is 5.74. The Labute approximate surface area is 115 Å². The Kier molecular flexibility index (Phi) is 4.25. The molecule has 19 heavy (non-hydrogen) atoms. The molecule has 1 aromatic carbocycles. The van der Waals surface area contributed by atoms with Crippen molar-refractivity contribution in [3.8, 4) is 0 Å². The maximum absolute atomic E-state index is 12.3. The molecule has 0 saturated heterocycles. The Morgan fingerprint density at radius 2 is 1.74 bits per heavy atom. The SMILES string of the molecule is Cc1ccc(C(=O)NC2CCC(N)CC2)c(C)c1C. The average molecular weight is 260 g/mol. The largest absolute Gasteiger partial charge is 0.349 e. The van der Waals surface area contributed by atoms with E-state index in [1.165, 1.54) is 11.1 Å². The molecule has 3 heteroatoms. The van der Waals surface area contributed by atoms with Crippen LogP contribution in [0.3, 0.4) is 0 Å². The quantitative estimate of drug-likeness (QED) is 0.859. The van der Waals surface area contributed by atoms with E-state index < -0.39 is 0 Å². The Bertz CT molecular complexity index is 474. The number of hydrogen-bond donors (Lipinski definition) is 2. The molecule has 104 valence electrons. The van der Waals surface area contributed by atoms with Gasteiger partial charge in [-0.15, -0.1) is 0 Å². The van der Waals surface area contributed by atoms with Crippen molar-refractivity contribution in [2.45, 2.75) is 58.5 Å². The van der Waals surface area contributed by atoms with Crippen molar-refractivity contribution in [1.29, 1.82) is 0 Å². The number of benzene rings is 1. The predicted molar refractivity (Wildman–Crippen MR) is 78.4 cm³/mol. The van der Waals surface area contributed by atoms with Gasteiger partial charge in [0.25, 0.3) is 5.91 Å². The van der Waals surface area contributed by atoms with E-state index in [1.54, 1.807) is 0 Å². The van der Waals surface area contributed by atoms with E-state index in [4.69, 9.17) is 5.73 Å². The molecule has 1 aromatic rings. The van der Waals surface area contributed by atoms with Crippen LogP contribution in [0.2, 0.25) is 0 Å². The van der Waals surface area contributed by atoms with Gasteiger partial charge in [-0.3, -0.25) is 4.79 Å². The Balaban J connectivity index is 2.06. The van der Waals surface area contributed by atoms with Gasteiger partial charge in [0.15, 0.2) is 0 Å². The fourth-order valence-corrected chi connectivity index (χ4v) is 2.73. The lowest BCUT2D eigenvalue weighted by Crippen LogP contribution is -2.40. The van der Waals surface area contributed by atoms with E-state index in [2.05, 4.69) is 19.2 Å². The molecule has 3 nitrogen and oxygen atoms in total. The Morgan fingerprint density at radius 1 is 1.11 bits per heavy atom. The Hall–Kier alpha value is -1.35. The summed E-state index contributed by atoms with van der Waals surface area (Å²) >= 11 is 0. The van der Waals surface area contributed by atoms with Crippen LogP contribution in [0.25, 0.3) is 0 Å². The third kappa shape index (κ3) is 3.16. The van der Waals surface area contributed by atoms with Crippen LogP contribution in [-0.4, -0.2) is 18.0 Å². The summed E-state index contributed by atoms with van der Waals surface area (Å²) in [6.45, 7) is 6.17. The van der Waals surface area contributed by atoms with Crippen LogP contribution in [0, 0.1) is 20.8 Å². The van der Waals surface area contributed by atoms with Gasteiger partial charge in [0, 0.05) is 17.6 Å². The first kappa shape index (κ1) is 14.1. The lowest BCUT2D eigenvalue weighted by Gasteiger charge is -2.27. The minimum Gasteiger partial charge on any atom is -0.349 e. The third-order valence-corrected chi connectivity index (χ3v) is 4.41. The third-order valence-electron chi connectivity index (χ3n) is 4.41. The van der Waals surface area contributed by atoms with E-state index in [1.807, 2.05) is 19.1 Å². The molecule has 0 aliphatic heterocycles. The molecule has 1 aliphatic rings. The summed E-state index contributed by atoms with van der Waals surface area (Å²) in [6.07, 6.45) is 4.02. The summed E-state index contributed by atoms with van der Waals surface area (Å²) in [7, 11) is 0. The lowest BCUT2D eigenvalue weighted by molar-refractivity contribution is 0.0925. The van der Waals surface area contributed by atoms with Crippen LogP contribution in [-0.2, 0) is 0 Å². The molecule has 0 aromatic heterocycles. The van der Waals surface area contributed by atoms with Gasteiger partial charge in [0.05, 0.1) is 0 Å². The lowest BCUT2D eigenvalue weighted by atomic mass is 9.91. The van der Waals surface area contributed by atoms with Crippen molar-refractivity contribution < 1.29 is 4.79 Å². The molecule has 1 amide bonds. The normalized spacial score (nSPS) is 23.2. The van der Waals surface area contributed by atoms with E-state index >= 15 is 0 Å². The van der Waals surface area contributed by atoms with E-state index in [0.29, 0.717) is 6.04 Å². The monoisotopic (exact) mass is 260 g/mol. The van der Waals surface area contributed by atoms with Crippen molar-refractivity contribution in [2.24, 2.45) is 5.73 Å². The number of nitrogens with one attached hydrogen (secondary N) is 1. The molecule has 0 heterocycles. The molecule has 1 fully saturated rings. The van der Waals surface area contributed by atoms with Gasteiger partial charge in [0.2, 0.25) is 0 Å². The van der Waals surface area contributed by atoms with Crippen LogP contribution in [0.5, 0.6) is 0 Å². The van der Waals surface area contributed by atoms with Gasteiger partial charge < -0.3 is 11.1 Å². The van der Waals surface area contributed by atoms with Gasteiger partial charge >= 0.3 is 0 Å². The molecule has 0 radical (unpaired) electrons. The first-order valence-electron chi connectivity index (χ1n) is 7.12. The van der Waals surface area contributed by atoms with Crippen LogP contribution in [0.15, 0.2) is 12.1 Å². The number of amides is 1. The average Bonchev–Trinajstić information content (AvgIpc) is 2.39. The molecular formula is C16H24N2O. The first-order valence-corrected chi connectivity index (χ1v) is 7.12. The van der Waals surface area contributed by atoms with Crippen molar-refractivity contribution in [3.63, 3.8) is 0 Å². The maximum Gasteiger partial charge on any atom is 0.251 e. The fraction of sp³-hybridized carbons (Fsp3) is 0.562. The van der Waals surface area contributed by atoms with Gasteiger partial charge in [-0.2, -0.15) is 0 Å². The topological polar surface area (TPSA) is 55.1 Å². The van der Waals surface area contributed by atoms with Crippen molar-refractivity contribution in [3.05, 3.63) is 34.4 Å². The van der Waals surface area contributed by atoms with Crippen molar-refractivity contribution in [2.75, 3.05) is 0 Å². The number of aryl methyl sites for hydroxylation is 1. The minimum absolute atomic E-state index is 0.0565. The summed E-state index contributed by atoms with van der Waals surface area (Å²) in [6, 6.07) is 4.56. The maximum atomic E-state index is 12.3. The summed E-state index contributed by atoms with van der Waals surface area (Å²) in [5.41, 5.74) is 10.2. The number of carbonyl (C=O) groups is 1. The van der Waals surface area contributed by atoms with Gasteiger partial charge in [-0.25, -0.2) is 0 Å². The smallest absolute Gasteiger partial charge is 0.251 e. The number of nitrogens with two attached hydrogens (primary N) is 1. The molecule has 2 rings (SSSR count). The Morgan fingerprint density at radius 3 is 2.37 bits per heavy atom. The van der Waals surface area contributed by atoms with E-state index in [0.717, 1.165) is 36.8 Å². The summed E-state index contributed by atoms with van der Waals surface area (Å²) in [5, 5.41) is 3.15. The highest BCUT2D eigenvalue weighted by molar-refractivity contribution is 5.96. The molecular weight excluding hydrogens is 236 g/mol. The summed E-state index contributed by atoms with van der Waals surface area (Å²) < 4.78 is 0. The molecule has 0 unspecified atom stereocenters. The zero-order chi connectivity index (χ0) is 14.0. The second-order valence-corrected chi connectivity index (χ2v) is 5.77. The molecule has 3 N–H and O–H groups in total. The second-order valence-electron chi connectivity index (χ2n) is 5.77. The standard InChI is InChI=1S/C16H24N2O/c1-10-4-9-15(12(3)11(10)2)16(19)18-14-7-5-13(17)6-8-14/h4,9,13-14H,5-8,17H2,1-3H3,(H,18,19). The zero-order valence-corrected chi connectivity index (χ0v) is 12.1. The van der Waals surface area contributed by atoms with Gasteiger partial charge in [-0.05, 0) is 69.2 Å². The predicted octanol–water partition coefficient (Wildman–Crippen LogP) is 2.61. The minimum atomic E-state index is 0.0565. The molecule has 0 spiro atoms. The fourth-order valence-electron chi connectivity index (χ4n) is 2.73. The highest BCUT2D eigenvalue weighted by Crippen LogP contribution is 2.20. The van der Waals surface area contributed by atoms with Crippen LogP contribution in [0.4, 0.5) is 0 Å². The number of hydrogen-bond acceptors (Lipinski definition) is 2. The van der Waals surface area contributed by atoms with Crippen LogP contribution in [0.1, 0.15) is 52.7 Å². The highest BCUT2D eigenvalue weighted by atomic mass is 16.1.